The van der Waals surface area contributed by atoms with Crippen LogP contribution in [0.4, 0.5) is 17.6 Å². The molecule has 0 spiro atoms. The Hall–Kier alpha value is -2.47. The highest BCUT2D eigenvalue weighted by Crippen LogP contribution is 2.43. The average molecular weight is 405 g/mol. The SMILES string of the molecule is Cc1ccc2c(CC(O)(CC(C)(C)c3ccc(F)cc3)C(F)(F)F)ccnc2c1. The van der Waals surface area contributed by atoms with E-state index in [0.717, 1.165) is 5.56 Å². The van der Waals surface area contributed by atoms with Crippen molar-refractivity contribution in [3.8, 4) is 0 Å². The molecule has 0 aliphatic heterocycles. The van der Waals surface area contributed by atoms with Gasteiger partial charge in [0.2, 0.25) is 0 Å². The molecule has 1 N–H and O–H groups in total. The summed E-state index contributed by atoms with van der Waals surface area (Å²) in [6.07, 6.45) is -4.54. The van der Waals surface area contributed by atoms with Crippen LogP contribution in [0.2, 0.25) is 0 Å². The summed E-state index contributed by atoms with van der Waals surface area (Å²) in [5.74, 6) is -0.464. The first kappa shape index (κ1) is 21.2. The number of hydrogen-bond donors (Lipinski definition) is 1. The molecule has 2 aromatic carbocycles. The van der Waals surface area contributed by atoms with Gasteiger partial charge in [0.15, 0.2) is 5.60 Å². The van der Waals surface area contributed by atoms with Crippen LogP contribution in [0.1, 0.15) is 37.0 Å². The monoisotopic (exact) mass is 405 g/mol. The smallest absolute Gasteiger partial charge is 0.380 e. The van der Waals surface area contributed by atoms with Gasteiger partial charge in [0.1, 0.15) is 5.82 Å². The van der Waals surface area contributed by atoms with E-state index >= 15 is 0 Å². The number of hydrogen-bond acceptors (Lipinski definition) is 2. The summed E-state index contributed by atoms with van der Waals surface area (Å²) in [4.78, 5) is 4.23. The number of alkyl halides is 3. The second-order valence-electron chi connectivity index (χ2n) is 8.26. The van der Waals surface area contributed by atoms with Gasteiger partial charge in [-0.15, -0.1) is 0 Å². The molecule has 3 rings (SSSR count). The van der Waals surface area contributed by atoms with E-state index in [-0.39, 0.29) is 0 Å². The molecule has 29 heavy (non-hydrogen) atoms. The van der Waals surface area contributed by atoms with Crippen LogP contribution in [-0.2, 0) is 11.8 Å². The van der Waals surface area contributed by atoms with Gasteiger partial charge in [0.25, 0.3) is 0 Å². The van der Waals surface area contributed by atoms with Crippen LogP contribution < -0.4 is 0 Å². The van der Waals surface area contributed by atoms with Crippen molar-refractivity contribution in [1.29, 1.82) is 0 Å². The minimum Gasteiger partial charge on any atom is -0.380 e. The minimum atomic E-state index is -4.84. The van der Waals surface area contributed by atoms with Crippen LogP contribution in [0.25, 0.3) is 10.9 Å². The third-order valence-corrected chi connectivity index (χ3v) is 5.36. The Morgan fingerprint density at radius 3 is 2.24 bits per heavy atom. The quantitative estimate of drug-likeness (QED) is 0.537. The van der Waals surface area contributed by atoms with Crippen molar-refractivity contribution in [2.75, 3.05) is 0 Å². The molecule has 6 heteroatoms. The van der Waals surface area contributed by atoms with Gasteiger partial charge in [-0.05, 0) is 59.7 Å². The zero-order chi connectivity index (χ0) is 21.4. The third-order valence-electron chi connectivity index (χ3n) is 5.36. The zero-order valence-electron chi connectivity index (χ0n) is 16.5. The van der Waals surface area contributed by atoms with E-state index in [2.05, 4.69) is 4.98 Å². The fourth-order valence-electron chi connectivity index (χ4n) is 3.78. The summed E-state index contributed by atoms with van der Waals surface area (Å²) in [7, 11) is 0. The fraction of sp³-hybridized carbons (Fsp3) is 0.348. The first-order valence-electron chi connectivity index (χ1n) is 9.31. The number of nitrogens with zero attached hydrogens (tertiary/aromatic N) is 1. The highest BCUT2D eigenvalue weighted by molar-refractivity contribution is 5.82. The fourth-order valence-corrected chi connectivity index (χ4v) is 3.78. The number of pyridine rings is 1. The van der Waals surface area contributed by atoms with Crippen LogP contribution in [0.3, 0.4) is 0 Å². The summed E-state index contributed by atoms with van der Waals surface area (Å²) in [5.41, 5.74) is -1.54. The number of rotatable bonds is 5. The molecule has 1 atom stereocenters. The maximum Gasteiger partial charge on any atom is 0.417 e. The minimum absolute atomic E-state index is 0.379. The van der Waals surface area contributed by atoms with Gasteiger partial charge in [-0.25, -0.2) is 4.39 Å². The number of aromatic nitrogens is 1. The van der Waals surface area contributed by atoms with Gasteiger partial charge in [0.05, 0.1) is 5.52 Å². The number of aryl methyl sites for hydroxylation is 1. The summed E-state index contributed by atoms with van der Waals surface area (Å²) < 4.78 is 55.3. The van der Waals surface area contributed by atoms with Gasteiger partial charge >= 0.3 is 6.18 Å². The molecule has 0 aliphatic rings. The van der Waals surface area contributed by atoms with Crippen molar-refractivity contribution < 1.29 is 22.7 Å². The van der Waals surface area contributed by atoms with E-state index in [9.17, 15) is 22.7 Å². The van der Waals surface area contributed by atoms with Crippen molar-refractivity contribution in [2.45, 2.75) is 50.8 Å². The summed E-state index contributed by atoms with van der Waals surface area (Å²) in [6, 6.07) is 12.2. The van der Waals surface area contributed by atoms with Crippen LogP contribution >= 0.6 is 0 Å². The molecule has 0 fully saturated rings. The van der Waals surface area contributed by atoms with E-state index in [1.807, 2.05) is 13.0 Å². The van der Waals surface area contributed by atoms with Gasteiger partial charge < -0.3 is 5.11 Å². The van der Waals surface area contributed by atoms with Gasteiger partial charge in [-0.2, -0.15) is 13.2 Å². The molecule has 154 valence electrons. The predicted octanol–water partition coefficient (Wildman–Crippen LogP) is 5.89. The topological polar surface area (TPSA) is 33.1 Å². The number of aliphatic hydroxyl groups is 1. The van der Waals surface area contributed by atoms with E-state index in [0.29, 0.717) is 22.0 Å². The van der Waals surface area contributed by atoms with Crippen molar-refractivity contribution in [2.24, 2.45) is 0 Å². The molecule has 1 unspecified atom stereocenters. The molecule has 0 amide bonds. The van der Waals surface area contributed by atoms with Crippen molar-refractivity contribution in [3.05, 3.63) is 77.2 Å². The zero-order valence-corrected chi connectivity index (χ0v) is 16.5. The Morgan fingerprint density at radius 1 is 0.966 bits per heavy atom. The van der Waals surface area contributed by atoms with Crippen molar-refractivity contribution in [1.82, 2.24) is 4.98 Å². The van der Waals surface area contributed by atoms with Gasteiger partial charge in [-0.1, -0.05) is 38.1 Å². The Kier molecular flexibility index (Phi) is 5.43. The predicted molar refractivity (Wildman–Crippen MR) is 105 cm³/mol. The molecule has 1 heterocycles. The maximum atomic E-state index is 14.0. The highest BCUT2D eigenvalue weighted by Gasteiger charge is 2.55. The second-order valence-corrected chi connectivity index (χ2v) is 8.26. The largest absolute Gasteiger partial charge is 0.417 e. The lowest BCUT2D eigenvalue weighted by molar-refractivity contribution is -0.266. The lowest BCUT2D eigenvalue weighted by Gasteiger charge is -2.38. The molecule has 1 aromatic heterocycles. The van der Waals surface area contributed by atoms with Crippen molar-refractivity contribution in [3.63, 3.8) is 0 Å². The molecular weight excluding hydrogens is 382 g/mol. The molecule has 0 bridgehead atoms. The Balaban J connectivity index is 2.01. The number of halogens is 4. The number of fused-ring (bicyclic) bond motifs is 1. The lowest BCUT2D eigenvalue weighted by Crippen LogP contribution is -2.50. The molecular formula is C23H23F4NO. The summed E-state index contributed by atoms with van der Waals surface area (Å²) >= 11 is 0. The summed E-state index contributed by atoms with van der Waals surface area (Å²) in [6.45, 7) is 5.11. The van der Waals surface area contributed by atoms with Crippen LogP contribution in [0.5, 0.6) is 0 Å². The highest BCUT2D eigenvalue weighted by atomic mass is 19.4. The Morgan fingerprint density at radius 2 is 1.62 bits per heavy atom. The van der Waals surface area contributed by atoms with E-state index in [4.69, 9.17) is 0 Å². The van der Waals surface area contributed by atoms with E-state index < -0.39 is 35.9 Å². The first-order chi connectivity index (χ1) is 13.4. The number of benzene rings is 2. The molecule has 0 aliphatic carbocycles. The van der Waals surface area contributed by atoms with Crippen molar-refractivity contribution >= 4 is 10.9 Å². The molecule has 2 nitrogen and oxygen atoms in total. The first-order valence-corrected chi connectivity index (χ1v) is 9.31. The Bertz CT molecular complexity index is 1010. The third kappa shape index (κ3) is 4.42. The average Bonchev–Trinajstić information content (AvgIpc) is 2.60. The van der Waals surface area contributed by atoms with Crippen LogP contribution in [0.15, 0.2) is 54.7 Å². The van der Waals surface area contributed by atoms with E-state index in [1.54, 1.807) is 26.0 Å². The lowest BCUT2D eigenvalue weighted by atomic mass is 9.73. The van der Waals surface area contributed by atoms with Crippen LogP contribution in [0, 0.1) is 12.7 Å². The van der Waals surface area contributed by atoms with E-state index in [1.165, 1.54) is 36.5 Å². The summed E-state index contributed by atoms with van der Waals surface area (Å²) in [5, 5.41) is 11.4. The van der Waals surface area contributed by atoms with Gasteiger partial charge in [0, 0.05) is 18.0 Å². The maximum absolute atomic E-state index is 14.0. The standard InChI is InChI=1S/C23H23F4NO/c1-15-4-9-19-16(10-11-28-20(19)12-15)13-22(29,23(25,26)27)14-21(2,3)17-5-7-18(24)8-6-17/h4-12,29H,13-14H2,1-3H3. The Labute approximate surface area is 167 Å². The molecule has 0 saturated carbocycles. The van der Waals surface area contributed by atoms with Gasteiger partial charge in [-0.3, -0.25) is 4.98 Å². The molecule has 0 radical (unpaired) electrons. The molecule has 0 saturated heterocycles. The molecule has 3 aromatic rings. The normalized spacial score (nSPS) is 14.8. The second kappa shape index (κ2) is 7.41. The van der Waals surface area contributed by atoms with Crippen LogP contribution in [-0.4, -0.2) is 21.9 Å².